The van der Waals surface area contributed by atoms with Crippen molar-refractivity contribution in [3.8, 4) is 78.6 Å². The van der Waals surface area contributed by atoms with Crippen LogP contribution in [0.1, 0.15) is 12.8 Å². The van der Waals surface area contributed by atoms with Crippen LogP contribution < -0.4 is 19.3 Å². The van der Waals surface area contributed by atoms with E-state index >= 15 is 0 Å². The smallest absolute Gasteiger partial charge is 0.151 e. The van der Waals surface area contributed by atoms with E-state index in [1.54, 1.807) is 0 Å². The van der Waals surface area contributed by atoms with Crippen molar-refractivity contribution in [2.45, 2.75) is 12.8 Å². The molecule has 1 aromatic heterocycles. The molecule has 0 saturated heterocycles. The number of hydrogen-bond acceptors (Lipinski definition) is 4. The van der Waals surface area contributed by atoms with Gasteiger partial charge in [-0.3, -0.25) is 0 Å². The summed E-state index contributed by atoms with van der Waals surface area (Å²) in [5, 5.41) is 2.42. The lowest BCUT2D eigenvalue weighted by Crippen LogP contribution is -2.24. The Bertz CT molecular complexity index is 4240. The number of fused-ring (bicyclic) bond motifs is 6. The molecule has 11 aromatic carbocycles. The van der Waals surface area contributed by atoms with Gasteiger partial charge in [0.05, 0.1) is 33.8 Å². The zero-order valence-electron chi connectivity index (χ0n) is 42.1. The second-order valence-corrected chi connectivity index (χ2v) is 20.0. The molecule has 0 saturated carbocycles. The molecule has 15 rings (SSSR count). The van der Waals surface area contributed by atoms with E-state index in [1.165, 1.54) is 71.9 Å². The summed E-state index contributed by atoms with van der Waals surface area (Å²) in [6.07, 6.45) is 6.33. The molecular formula is C72H49N3O2. The lowest BCUT2D eigenvalue weighted by Gasteiger charge is -2.35. The molecule has 3 aliphatic rings. The molecule has 0 radical (unpaired) electrons. The minimum atomic E-state index is 0.848. The van der Waals surface area contributed by atoms with Gasteiger partial charge >= 0.3 is 0 Å². The molecule has 0 amide bonds. The van der Waals surface area contributed by atoms with E-state index in [-0.39, 0.29) is 0 Å². The third-order valence-electron chi connectivity index (χ3n) is 15.5. The second-order valence-electron chi connectivity index (χ2n) is 20.0. The van der Waals surface area contributed by atoms with Gasteiger partial charge in [-0.2, -0.15) is 0 Å². The maximum absolute atomic E-state index is 6.36. The van der Waals surface area contributed by atoms with E-state index in [2.05, 4.69) is 257 Å². The summed E-state index contributed by atoms with van der Waals surface area (Å²) in [7, 11) is 0. The molecule has 364 valence electrons. The minimum absolute atomic E-state index is 0.848. The molecule has 0 fully saturated rings. The summed E-state index contributed by atoms with van der Waals surface area (Å²) >= 11 is 0. The van der Waals surface area contributed by atoms with Crippen LogP contribution in [0.3, 0.4) is 0 Å². The summed E-state index contributed by atoms with van der Waals surface area (Å²) < 4.78 is 15.1. The second kappa shape index (κ2) is 18.4. The standard InChI is InChI=1S/C72H49N3O2/c1-2-12-48(13-3-1)51-30-38-58(39-31-51)73-63-44-36-56(54-26-22-49(23-27-54)52-32-40-59(41-33-52)74-65-14-4-8-18-69(65)76-70-19-9-5-15-66(70)74)46-61(63)62-47-57(37-45-64(62)73)55-28-24-50(25-29-55)53-34-42-60(43-35-53)75-67-16-6-10-20-71(67)77-72-21-11-7-17-68(72)75/h1-10,12-20,22-47H,11,21H2. The van der Waals surface area contributed by atoms with Gasteiger partial charge < -0.3 is 23.8 Å². The molecule has 0 N–H and O–H groups in total. The number of para-hydroxylation sites is 6. The van der Waals surface area contributed by atoms with Gasteiger partial charge in [0.1, 0.15) is 5.76 Å². The normalized spacial score (nSPS) is 13.4. The van der Waals surface area contributed by atoms with Crippen LogP contribution in [-0.2, 0) is 0 Å². The van der Waals surface area contributed by atoms with Crippen molar-refractivity contribution in [1.29, 1.82) is 0 Å². The van der Waals surface area contributed by atoms with Crippen LogP contribution >= 0.6 is 0 Å². The summed E-state index contributed by atoms with van der Waals surface area (Å²) in [6.45, 7) is 0. The Kier molecular flexibility index (Phi) is 10.6. The van der Waals surface area contributed by atoms with Crippen molar-refractivity contribution >= 4 is 50.2 Å². The molecular weight excluding hydrogens is 939 g/mol. The number of benzene rings is 11. The van der Waals surface area contributed by atoms with Crippen LogP contribution in [0.4, 0.5) is 28.4 Å². The first kappa shape index (κ1) is 44.4. The summed E-state index contributed by atoms with van der Waals surface area (Å²) in [5.41, 5.74) is 21.7. The largest absolute Gasteiger partial charge is 0.457 e. The van der Waals surface area contributed by atoms with Crippen molar-refractivity contribution in [3.05, 3.63) is 284 Å². The predicted molar refractivity (Wildman–Crippen MR) is 317 cm³/mol. The summed E-state index contributed by atoms with van der Waals surface area (Å²) in [6, 6.07) is 94.0. The number of nitrogens with zero attached hydrogens (tertiary/aromatic N) is 3. The number of allylic oxidation sites excluding steroid dienone is 3. The number of anilines is 5. The van der Waals surface area contributed by atoms with Gasteiger partial charge in [-0.1, -0.05) is 170 Å². The molecule has 0 unspecified atom stereocenters. The Morgan fingerprint density at radius 2 is 0.662 bits per heavy atom. The topological polar surface area (TPSA) is 29.9 Å². The number of hydrogen-bond donors (Lipinski definition) is 0. The minimum Gasteiger partial charge on any atom is -0.457 e. The highest BCUT2D eigenvalue weighted by molar-refractivity contribution is 6.12. The maximum Gasteiger partial charge on any atom is 0.151 e. The van der Waals surface area contributed by atoms with Crippen molar-refractivity contribution in [2.75, 3.05) is 9.80 Å². The third kappa shape index (κ3) is 7.79. The van der Waals surface area contributed by atoms with E-state index < -0.39 is 0 Å². The van der Waals surface area contributed by atoms with E-state index in [0.717, 1.165) is 81.2 Å². The molecule has 0 atom stereocenters. The Balaban J connectivity index is 0.750. The van der Waals surface area contributed by atoms with Crippen LogP contribution in [0.5, 0.6) is 17.2 Å². The van der Waals surface area contributed by atoms with Crippen molar-refractivity contribution in [1.82, 2.24) is 4.57 Å². The Morgan fingerprint density at radius 1 is 0.299 bits per heavy atom. The molecule has 5 heteroatoms. The predicted octanol–water partition coefficient (Wildman–Crippen LogP) is 19.8. The van der Waals surface area contributed by atoms with E-state index in [1.807, 2.05) is 30.3 Å². The van der Waals surface area contributed by atoms with Gasteiger partial charge in [0.25, 0.3) is 0 Å². The number of rotatable bonds is 8. The molecule has 12 aromatic rings. The fourth-order valence-corrected chi connectivity index (χ4v) is 11.6. The zero-order chi connectivity index (χ0) is 50.8. The Labute approximate surface area is 447 Å². The van der Waals surface area contributed by atoms with Crippen molar-refractivity contribution in [2.24, 2.45) is 0 Å². The molecule has 0 bridgehead atoms. The van der Waals surface area contributed by atoms with E-state index in [0.29, 0.717) is 0 Å². The lowest BCUT2D eigenvalue weighted by molar-refractivity contribution is 0.388. The van der Waals surface area contributed by atoms with E-state index in [4.69, 9.17) is 9.47 Å². The summed E-state index contributed by atoms with van der Waals surface area (Å²) in [5.74, 6) is 3.62. The van der Waals surface area contributed by atoms with Crippen molar-refractivity contribution < 1.29 is 9.47 Å². The quantitative estimate of drug-likeness (QED) is 0.152. The molecule has 3 heterocycles. The molecule has 1 aliphatic carbocycles. The Morgan fingerprint density at radius 3 is 1.16 bits per heavy atom. The first-order valence-corrected chi connectivity index (χ1v) is 26.4. The van der Waals surface area contributed by atoms with Gasteiger partial charge in [0, 0.05) is 34.3 Å². The van der Waals surface area contributed by atoms with Crippen LogP contribution in [0.15, 0.2) is 284 Å². The van der Waals surface area contributed by atoms with Crippen molar-refractivity contribution in [3.63, 3.8) is 0 Å². The van der Waals surface area contributed by atoms with Gasteiger partial charge in [0.2, 0.25) is 0 Å². The van der Waals surface area contributed by atoms with Crippen LogP contribution in [0, 0.1) is 0 Å². The third-order valence-corrected chi connectivity index (χ3v) is 15.5. The number of ether oxygens (including phenoxy) is 2. The average Bonchev–Trinajstić information content (AvgIpc) is 3.85. The first-order chi connectivity index (χ1) is 38.1. The van der Waals surface area contributed by atoms with Crippen LogP contribution in [0.2, 0.25) is 0 Å². The van der Waals surface area contributed by atoms with Gasteiger partial charge in [-0.05, 0) is 165 Å². The zero-order valence-corrected chi connectivity index (χ0v) is 42.1. The molecule has 77 heavy (non-hydrogen) atoms. The summed E-state index contributed by atoms with van der Waals surface area (Å²) in [4.78, 5) is 4.61. The molecule has 2 aliphatic heterocycles. The Hall–Kier alpha value is -10.1. The number of aromatic nitrogens is 1. The lowest BCUT2D eigenvalue weighted by atomic mass is 9.97. The average molecular weight is 988 g/mol. The highest BCUT2D eigenvalue weighted by atomic mass is 16.5. The van der Waals surface area contributed by atoms with Crippen LogP contribution in [0.25, 0.3) is 83.1 Å². The highest BCUT2D eigenvalue weighted by Gasteiger charge is 2.29. The SMILES string of the molecule is C1=CC2=C(CC1)Oc1ccccc1N2c1ccc(-c2ccc(-c3ccc4c(c3)c3cc(-c5ccc(-c6ccc(N7c8ccccc8Oc8ccccc87)cc6)cc5)ccc3n4-c3ccc(-c4ccccc4)cc3)cc2)cc1. The fraction of sp³-hybridized carbons (Fsp3) is 0.0278. The van der Waals surface area contributed by atoms with Gasteiger partial charge in [-0.15, -0.1) is 0 Å². The van der Waals surface area contributed by atoms with Gasteiger partial charge in [-0.25, -0.2) is 0 Å². The van der Waals surface area contributed by atoms with Gasteiger partial charge in [0.15, 0.2) is 17.2 Å². The maximum atomic E-state index is 6.36. The fourth-order valence-electron chi connectivity index (χ4n) is 11.6. The van der Waals surface area contributed by atoms with Crippen LogP contribution in [-0.4, -0.2) is 4.57 Å². The molecule has 0 spiro atoms. The highest BCUT2D eigenvalue weighted by Crippen LogP contribution is 2.51. The monoisotopic (exact) mass is 987 g/mol. The first-order valence-electron chi connectivity index (χ1n) is 26.4. The van der Waals surface area contributed by atoms with E-state index in [9.17, 15) is 0 Å². The molecule has 5 nitrogen and oxygen atoms in total.